The molecule has 0 unspecified atom stereocenters. The third-order valence-electron chi connectivity index (χ3n) is 3.53. The van der Waals surface area contributed by atoms with E-state index in [1.165, 1.54) is 6.07 Å². The number of anilines is 1. The molecule has 0 fully saturated rings. The van der Waals surface area contributed by atoms with Crippen molar-refractivity contribution in [2.75, 3.05) is 18.5 Å². The molecule has 2 rings (SSSR count). The first-order valence-corrected chi connectivity index (χ1v) is 8.87. The highest BCUT2D eigenvalue weighted by molar-refractivity contribution is 6.30. The van der Waals surface area contributed by atoms with Crippen molar-refractivity contribution in [2.45, 2.75) is 19.8 Å². The summed E-state index contributed by atoms with van der Waals surface area (Å²) in [7, 11) is 0. The molecule has 0 aromatic heterocycles. The van der Waals surface area contributed by atoms with E-state index in [0.29, 0.717) is 22.9 Å². The van der Waals surface area contributed by atoms with Crippen molar-refractivity contribution in [3.63, 3.8) is 0 Å². The fourth-order valence-corrected chi connectivity index (χ4v) is 2.30. The van der Waals surface area contributed by atoms with Crippen molar-refractivity contribution in [2.24, 2.45) is 0 Å². The molecule has 6 nitrogen and oxygen atoms in total. The molecule has 0 heterocycles. The molecule has 0 saturated heterocycles. The number of amides is 1. The van der Waals surface area contributed by atoms with E-state index >= 15 is 0 Å². The normalized spacial score (nSPS) is 10.1. The highest BCUT2D eigenvalue weighted by atomic mass is 35.5. The van der Waals surface area contributed by atoms with Gasteiger partial charge in [0.05, 0.1) is 17.7 Å². The number of ether oxygens (including phenoxy) is 2. The number of halogens is 1. The van der Waals surface area contributed by atoms with Gasteiger partial charge in [-0.15, -0.1) is 0 Å². The lowest BCUT2D eigenvalue weighted by Gasteiger charge is -2.08. The third-order valence-corrected chi connectivity index (χ3v) is 3.77. The molecule has 7 heteroatoms. The van der Waals surface area contributed by atoms with Crippen LogP contribution in [0.4, 0.5) is 5.69 Å². The number of nitrogens with one attached hydrogen (secondary N) is 1. The molecule has 27 heavy (non-hydrogen) atoms. The molecule has 142 valence electrons. The zero-order valence-electron chi connectivity index (χ0n) is 14.9. The second kappa shape index (κ2) is 10.3. The first kappa shape index (κ1) is 20.5. The van der Waals surface area contributed by atoms with Gasteiger partial charge < -0.3 is 14.8 Å². The monoisotopic (exact) mass is 389 g/mol. The number of hydrogen-bond acceptors (Lipinski definition) is 5. The van der Waals surface area contributed by atoms with Crippen molar-refractivity contribution >= 4 is 35.1 Å². The van der Waals surface area contributed by atoms with Gasteiger partial charge in [0.15, 0.2) is 6.61 Å². The van der Waals surface area contributed by atoms with Crippen molar-refractivity contribution < 1.29 is 23.9 Å². The predicted octanol–water partition coefficient (Wildman–Crippen LogP) is 4.09. The first-order chi connectivity index (χ1) is 13.0. The highest BCUT2D eigenvalue weighted by Gasteiger charge is 2.11. The molecule has 1 amide bonds. The number of hydrogen-bond donors (Lipinski definition) is 1. The zero-order valence-corrected chi connectivity index (χ0v) is 15.6. The molecule has 0 bridgehead atoms. The van der Waals surface area contributed by atoms with E-state index in [4.69, 9.17) is 21.1 Å². The van der Waals surface area contributed by atoms with Gasteiger partial charge in [0.1, 0.15) is 0 Å². The summed E-state index contributed by atoms with van der Waals surface area (Å²) in [5.41, 5.74) is 1.14. The van der Waals surface area contributed by atoms with Gasteiger partial charge in [0, 0.05) is 10.7 Å². The van der Waals surface area contributed by atoms with Gasteiger partial charge in [-0.05, 0) is 48.9 Å². The smallest absolute Gasteiger partial charge is 0.338 e. The SMILES string of the molecule is CCCCOC(=O)c1ccc(NC(=O)COC(=O)c2cccc(Cl)c2)cc1. The Morgan fingerprint density at radius 3 is 2.33 bits per heavy atom. The van der Waals surface area contributed by atoms with Crippen LogP contribution in [0, 0.1) is 0 Å². The van der Waals surface area contributed by atoms with Crippen molar-refractivity contribution in [1.29, 1.82) is 0 Å². The number of carbonyl (C=O) groups is 3. The fourth-order valence-electron chi connectivity index (χ4n) is 2.11. The van der Waals surface area contributed by atoms with Gasteiger partial charge in [0.25, 0.3) is 5.91 Å². The first-order valence-electron chi connectivity index (χ1n) is 8.49. The van der Waals surface area contributed by atoms with E-state index in [0.717, 1.165) is 12.8 Å². The van der Waals surface area contributed by atoms with Crippen LogP contribution < -0.4 is 5.32 Å². The third kappa shape index (κ3) is 6.75. The summed E-state index contributed by atoms with van der Waals surface area (Å²) >= 11 is 5.81. The Hall–Kier alpha value is -2.86. The Morgan fingerprint density at radius 1 is 0.963 bits per heavy atom. The standard InChI is InChI=1S/C20H20ClNO5/c1-2-3-11-26-19(24)14-7-9-17(10-8-14)22-18(23)13-27-20(25)15-5-4-6-16(21)12-15/h4-10,12H,2-3,11,13H2,1H3,(H,22,23). The van der Waals surface area contributed by atoms with Gasteiger partial charge in [-0.25, -0.2) is 9.59 Å². The molecule has 1 N–H and O–H groups in total. The molecule has 0 aliphatic carbocycles. The quantitative estimate of drug-likeness (QED) is 0.543. The molecule has 0 aliphatic heterocycles. The van der Waals surface area contributed by atoms with Gasteiger partial charge in [-0.3, -0.25) is 4.79 Å². The van der Waals surface area contributed by atoms with Crippen LogP contribution in [0.5, 0.6) is 0 Å². The maximum absolute atomic E-state index is 11.9. The van der Waals surface area contributed by atoms with E-state index in [2.05, 4.69) is 5.32 Å². The lowest BCUT2D eigenvalue weighted by Crippen LogP contribution is -2.21. The van der Waals surface area contributed by atoms with E-state index in [1.54, 1.807) is 42.5 Å². The largest absolute Gasteiger partial charge is 0.462 e. The molecule has 2 aromatic rings. The van der Waals surface area contributed by atoms with Crippen LogP contribution in [0.1, 0.15) is 40.5 Å². The minimum atomic E-state index is -0.641. The van der Waals surface area contributed by atoms with Crippen molar-refractivity contribution in [3.8, 4) is 0 Å². The second-order valence-electron chi connectivity index (χ2n) is 5.70. The average Bonchev–Trinajstić information content (AvgIpc) is 2.67. The maximum atomic E-state index is 11.9. The Kier molecular flexibility index (Phi) is 7.82. The molecule has 0 spiro atoms. The van der Waals surface area contributed by atoms with E-state index in [9.17, 15) is 14.4 Å². The van der Waals surface area contributed by atoms with Gasteiger partial charge in [-0.2, -0.15) is 0 Å². The summed E-state index contributed by atoms with van der Waals surface area (Å²) in [6.45, 7) is 1.95. The zero-order chi connectivity index (χ0) is 19.6. The summed E-state index contributed by atoms with van der Waals surface area (Å²) in [5, 5.41) is 2.99. The number of rotatable bonds is 8. The molecule has 0 aliphatic rings. The van der Waals surface area contributed by atoms with Gasteiger partial charge >= 0.3 is 11.9 Å². The van der Waals surface area contributed by atoms with Crippen LogP contribution in [0.25, 0.3) is 0 Å². The average molecular weight is 390 g/mol. The van der Waals surface area contributed by atoms with Crippen molar-refractivity contribution in [3.05, 3.63) is 64.7 Å². The van der Waals surface area contributed by atoms with E-state index in [1.807, 2.05) is 6.92 Å². The fraction of sp³-hybridized carbons (Fsp3) is 0.250. The van der Waals surface area contributed by atoms with E-state index < -0.39 is 24.5 Å². The van der Waals surface area contributed by atoms with Crippen LogP contribution in [-0.4, -0.2) is 31.1 Å². The molecule has 2 aromatic carbocycles. The molecular weight excluding hydrogens is 370 g/mol. The minimum Gasteiger partial charge on any atom is -0.462 e. The summed E-state index contributed by atoms with van der Waals surface area (Å²) in [4.78, 5) is 35.6. The number of benzene rings is 2. The minimum absolute atomic E-state index is 0.265. The maximum Gasteiger partial charge on any atom is 0.338 e. The van der Waals surface area contributed by atoms with Crippen LogP contribution >= 0.6 is 11.6 Å². The lowest BCUT2D eigenvalue weighted by molar-refractivity contribution is -0.119. The van der Waals surface area contributed by atoms with Crippen LogP contribution in [0.15, 0.2) is 48.5 Å². The van der Waals surface area contributed by atoms with Crippen molar-refractivity contribution in [1.82, 2.24) is 0 Å². The van der Waals surface area contributed by atoms with Gasteiger partial charge in [0.2, 0.25) is 0 Å². The Labute approximate surface area is 162 Å². The van der Waals surface area contributed by atoms with Crippen LogP contribution in [0.2, 0.25) is 5.02 Å². The summed E-state index contributed by atoms with van der Waals surface area (Å²) in [6.07, 6.45) is 1.76. The summed E-state index contributed by atoms with van der Waals surface area (Å²) < 4.78 is 10.1. The molecule has 0 atom stereocenters. The number of esters is 2. The Balaban J connectivity index is 1.81. The summed E-state index contributed by atoms with van der Waals surface area (Å²) in [6, 6.07) is 12.5. The molecule has 0 saturated carbocycles. The number of unbranched alkanes of at least 4 members (excludes halogenated alkanes) is 1. The molecule has 0 radical (unpaired) electrons. The van der Waals surface area contributed by atoms with Crippen LogP contribution in [0.3, 0.4) is 0 Å². The lowest BCUT2D eigenvalue weighted by atomic mass is 10.2. The number of carbonyl (C=O) groups excluding carboxylic acids is 3. The Morgan fingerprint density at radius 2 is 1.67 bits per heavy atom. The van der Waals surface area contributed by atoms with Gasteiger partial charge in [-0.1, -0.05) is 31.0 Å². The Bertz CT molecular complexity index is 804. The topological polar surface area (TPSA) is 81.7 Å². The van der Waals surface area contributed by atoms with E-state index in [-0.39, 0.29) is 5.56 Å². The summed E-state index contributed by atoms with van der Waals surface area (Å²) in [5.74, 6) is -1.54. The van der Waals surface area contributed by atoms with Crippen LogP contribution in [-0.2, 0) is 14.3 Å². The predicted molar refractivity (Wildman–Crippen MR) is 102 cm³/mol. The molecular formula is C20H20ClNO5. The second-order valence-corrected chi connectivity index (χ2v) is 6.14. The highest BCUT2D eigenvalue weighted by Crippen LogP contribution is 2.13.